The summed E-state index contributed by atoms with van der Waals surface area (Å²) in [4.78, 5) is 19.8. The minimum Gasteiger partial charge on any atom is -0.353 e. The number of amides is 1. The number of aryl methyl sites for hydroxylation is 2. The average molecular weight is 311 g/mol. The topological polar surface area (TPSA) is 86.5 Å². The number of carbonyl (C=O) groups is 1. The number of benzene rings is 1. The summed E-state index contributed by atoms with van der Waals surface area (Å²) in [6.45, 7) is 3.95. The van der Waals surface area contributed by atoms with Crippen molar-refractivity contribution in [1.29, 1.82) is 0 Å². The highest BCUT2D eigenvalue weighted by Gasteiger charge is 2.11. The minimum atomic E-state index is 0.0326. The molecule has 6 heteroatoms. The Morgan fingerprint density at radius 3 is 2.91 bits per heavy atom. The van der Waals surface area contributed by atoms with Crippen molar-refractivity contribution in [3.8, 4) is 0 Å². The molecule has 0 radical (unpaired) electrons. The van der Waals surface area contributed by atoms with Crippen LogP contribution >= 0.6 is 0 Å². The van der Waals surface area contributed by atoms with E-state index in [0.29, 0.717) is 12.8 Å². The third kappa shape index (κ3) is 3.97. The van der Waals surface area contributed by atoms with Gasteiger partial charge in [-0.1, -0.05) is 12.1 Å². The molecule has 6 nitrogen and oxygen atoms in total. The summed E-state index contributed by atoms with van der Waals surface area (Å²) in [6.07, 6.45) is 1.75. The van der Waals surface area contributed by atoms with Crippen LogP contribution in [-0.2, 0) is 17.6 Å². The van der Waals surface area contributed by atoms with Crippen LogP contribution in [0.15, 0.2) is 30.3 Å². The zero-order chi connectivity index (χ0) is 16.2. The Kier molecular flexibility index (Phi) is 4.41. The highest BCUT2D eigenvalue weighted by atomic mass is 16.1. The first kappa shape index (κ1) is 15.3. The van der Waals surface area contributed by atoms with Gasteiger partial charge in [0.1, 0.15) is 5.82 Å². The zero-order valence-corrected chi connectivity index (χ0v) is 13.4. The van der Waals surface area contributed by atoms with Gasteiger partial charge in [-0.3, -0.25) is 9.89 Å². The van der Waals surface area contributed by atoms with E-state index in [9.17, 15) is 4.79 Å². The molecule has 0 spiro atoms. The second-order valence-corrected chi connectivity index (χ2v) is 5.92. The fourth-order valence-electron chi connectivity index (χ4n) is 2.65. The van der Waals surface area contributed by atoms with E-state index in [2.05, 4.69) is 25.5 Å². The maximum absolute atomic E-state index is 12.1. The van der Waals surface area contributed by atoms with Crippen molar-refractivity contribution in [2.45, 2.75) is 39.2 Å². The minimum absolute atomic E-state index is 0.0326. The van der Waals surface area contributed by atoms with Crippen molar-refractivity contribution >= 4 is 16.9 Å². The fourth-order valence-corrected chi connectivity index (χ4v) is 2.65. The monoisotopic (exact) mass is 311 g/mol. The van der Waals surface area contributed by atoms with Crippen molar-refractivity contribution in [2.24, 2.45) is 0 Å². The molecule has 1 atom stereocenters. The van der Waals surface area contributed by atoms with Crippen LogP contribution in [0.3, 0.4) is 0 Å². The van der Waals surface area contributed by atoms with Crippen molar-refractivity contribution in [3.05, 3.63) is 47.5 Å². The number of imidazole rings is 1. The van der Waals surface area contributed by atoms with Gasteiger partial charge in [0, 0.05) is 31.0 Å². The molecule has 0 aliphatic carbocycles. The Labute approximate surface area is 134 Å². The SMILES string of the molecule is Cc1cc(CC(C)NC(=O)CCc2nc3ccccc3[nH]2)n[nH]1. The molecule has 0 saturated heterocycles. The smallest absolute Gasteiger partial charge is 0.220 e. The van der Waals surface area contributed by atoms with E-state index in [1.807, 2.05) is 44.2 Å². The van der Waals surface area contributed by atoms with Crippen LogP contribution < -0.4 is 5.32 Å². The number of nitrogens with one attached hydrogen (secondary N) is 3. The van der Waals surface area contributed by atoms with Crippen LogP contribution in [0.4, 0.5) is 0 Å². The lowest BCUT2D eigenvalue weighted by Crippen LogP contribution is -2.34. The molecule has 0 aliphatic heterocycles. The molecule has 1 unspecified atom stereocenters. The van der Waals surface area contributed by atoms with Crippen LogP contribution in [0.1, 0.15) is 30.6 Å². The second-order valence-electron chi connectivity index (χ2n) is 5.92. The van der Waals surface area contributed by atoms with Crippen molar-refractivity contribution in [1.82, 2.24) is 25.5 Å². The average Bonchev–Trinajstić information content (AvgIpc) is 3.10. The largest absolute Gasteiger partial charge is 0.353 e. The second kappa shape index (κ2) is 6.64. The molecular formula is C17H21N5O. The van der Waals surface area contributed by atoms with E-state index in [1.165, 1.54) is 0 Å². The number of fused-ring (bicyclic) bond motifs is 1. The lowest BCUT2D eigenvalue weighted by Gasteiger charge is -2.12. The van der Waals surface area contributed by atoms with Gasteiger partial charge in [-0.05, 0) is 32.0 Å². The number of aromatic amines is 2. The first-order valence-corrected chi connectivity index (χ1v) is 7.84. The quantitative estimate of drug-likeness (QED) is 0.652. The van der Waals surface area contributed by atoms with Gasteiger partial charge in [-0.15, -0.1) is 0 Å². The van der Waals surface area contributed by atoms with Gasteiger partial charge in [0.05, 0.1) is 16.7 Å². The van der Waals surface area contributed by atoms with Crippen molar-refractivity contribution in [2.75, 3.05) is 0 Å². The highest BCUT2D eigenvalue weighted by Crippen LogP contribution is 2.11. The van der Waals surface area contributed by atoms with Gasteiger partial charge in [0.15, 0.2) is 0 Å². The summed E-state index contributed by atoms with van der Waals surface area (Å²) in [6, 6.07) is 9.93. The molecule has 2 heterocycles. The lowest BCUT2D eigenvalue weighted by atomic mass is 10.1. The number of nitrogens with zero attached hydrogens (tertiary/aromatic N) is 2. The molecule has 0 aliphatic rings. The summed E-state index contributed by atoms with van der Waals surface area (Å²) >= 11 is 0. The third-order valence-electron chi connectivity index (χ3n) is 3.71. The van der Waals surface area contributed by atoms with Crippen LogP contribution in [-0.4, -0.2) is 32.1 Å². The summed E-state index contributed by atoms with van der Waals surface area (Å²) < 4.78 is 0. The number of para-hydroxylation sites is 2. The Bertz CT molecular complexity index is 771. The normalized spacial score (nSPS) is 12.4. The summed E-state index contributed by atoms with van der Waals surface area (Å²) in [5.41, 5.74) is 3.94. The first-order valence-electron chi connectivity index (χ1n) is 7.84. The number of carbonyl (C=O) groups excluding carboxylic acids is 1. The first-order chi connectivity index (χ1) is 11.1. The Morgan fingerprint density at radius 1 is 1.35 bits per heavy atom. The van der Waals surface area contributed by atoms with Gasteiger partial charge in [-0.25, -0.2) is 4.98 Å². The van der Waals surface area contributed by atoms with E-state index in [4.69, 9.17) is 0 Å². The molecule has 0 fully saturated rings. The van der Waals surface area contributed by atoms with E-state index >= 15 is 0 Å². The Hall–Kier alpha value is -2.63. The number of rotatable bonds is 6. The van der Waals surface area contributed by atoms with Gasteiger partial charge in [0.25, 0.3) is 0 Å². The van der Waals surface area contributed by atoms with Gasteiger partial charge < -0.3 is 10.3 Å². The Balaban J connectivity index is 1.49. The summed E-state index contributed by atoms with van der Waals surface area (Å²) in [7, 11) is 0. The molecule has 3 aromatic rings. The number of H-pyrrole nitrogens is 2. The van der Waals surface area contributed by atoms with Gasteiger partial charge >= 0.3 is 0 Å². The van der Waals surface area contributed by atoms with Gasteiger partial charge in [0.2, 0.25) is 5.91 Å². The van der Waals surface area contributed by atoms with Crippen LogP contribution in [0.2, 0.25) is 0 Å². The molecule has 1 amide bonds. The third-order valence-corrected chi connectivity index (χ3v) is 3.71. The molecule has 0 saturated carbocycles. The number of hydrogen-bond donors (Lipinski definition) is 3. The van der Waals surface area contributed by atoms with E-state index in [0.717, 1.165) is 34.7 Å². The lowest BCUT2D eigenvalue weighted by molar-refractivity contribution is -0.121. The molecule has 2 aromatic heterocycles. The van der Waals surface area contributed by atoms with Crippen LogP contribution in [0, 0.1) is 6.92 Å². The van der Waals surface area contributed by atoms with Crippen LogP contribution in [0.25, 0.3) is 11.0 Å². The van der Waals surface area contributed by atoms with Crippen molar-refractivity contribution < 1.29 is 4.79 Å². The predicted octanol–water partition coefficient (Wildman–Crippen LogP) is 2.27. The van der Waals surface area contributed by atoms with E-state index in [-0.39, 0.29) is 11.9 Å². The van der Waals surface area contributed by atoms with Crippen LogP contribution in [0.5, 0.6) is 0 Å². The molecule has 3 N–H and O–H groups in total. The molecule has 0 bridgehead atoms. The van der Waals surface area contributed by atoms with Gasteiger partial charge in [-0.2, -0.15) is 5.10 Å². The highest BCUT2D eigenvalue weighted by molar-refractivity contribution is 5.77. The molecule has 23 heavy (non-hydrogen) atoms. The predicted molar refractivity (Wildman–Crippen MR) is 89.0 cm³/mol. The number of hydrogen-bond acceptors (Lipinski definition) is 3. The summed E-state index contributed by atoms with van der Waals surface area (Å²) in [5, 5.41) is 10.1. The fraction of sp³-hybridized carbons (Fsp3) is 0.353. The maximum atomic E-state index is 12.1. The maximum Gasteiger partial charge on any atom is 0.220 e. The Morgan fingerprint density at radius 2 is 2.17 bits per heavy atom. The standard InChI is InChI=1S/C17H21N5O/c1-11(9-13-10-12(2)21-22-13)18-17(23)8-7-16-19-14-5-3-4-6-15(14)20-16/h3-6,10-11H,7-9H2,1-2H3,(H,18,23)(H,19,20)(H,21,22). The molecule has 1 aromatic carbocycles. The number of aromatic nitrogens is 4. The van der Waals surface area contributed by atoms with E-state index in [1.54, 1.807) is 0 Å². The molecular weight excluding hydrogens is 290 g/mol. The van der Waals surface area contributed by atoms with E-state index < -0.39 is 0 Å². The summed E-state index contributed by atoms with van der Waals surface area (Å²) in [5.74, 6) is 0.877. The zero-order valence-electron chi connectivity index (χ0n) is 13.4. The molecule has 120 valence electrons. The molecule has 3 rings (SSSR count). The van der Waals surface area contributed by atoms with Crippen molar-refractivity contribution in [3.63, 3.8) is 0 Å².